The van der Waals surface area contributed by atoms with Crippen LogP contribution in [0.1, 0.15) is 21.8 Å². The minimum atomic E-state index is -0.486. The van der Waals surface area contributed by atoms with Crippen LogP contribution in [0.15, 0.2) is 52.1 Å². The third-order valence-electron chi connectivity index (χ3n) is 3.19. The van der Waals surface area contributed by atoms with E-state index in [4.69, 9.17) is 4.42 Å². The van der Waals surface area contributed by atoms with Gasteiger partial charge < -0.3 is 9.52 Å². The van der Waals surface area contributed by atoms with Crippen molar-refractivity contribution in [3.05, 3.63) is 59.6 Å². The average Bonchev–Trinajstić information content (AvgIpc) is 2.87. The summed E-state index contributed by atoms with van der Waals surface area (Å²) < 4.78 is 5.48. The Bertz CT molecular complexity index is 854. The lowest BCUT2D eigenvalue weighted by molar-refractivity contribution is 0.0929. The zero-order valence-corrected chi connectivity index (χ0v) is 11.8. The molecule has 0 atom stereocenters. The third-order valence-corrected chi connectivity index (χ3v) is 3.19. The molecule has 0 unspecified atom stereocenters. The summed E-state index contributed by atoms with van der Waals surface area (Å²) in [6, 6.07) is 10.3. The van der Waals surface area contributed by atoms with Gasteiger partial charge in [-0.3, -0.25) is 9.78 Å². The van der Waals surface area contributed by atoms with Crippen molar-refractivity contribution in [2.24, 2.45) is 5.10 Å². The number of nitrogens with one attached hydrogen (secondary N) is 1. The first-order valence-corrected chi connectivity index (χ1v) is 6.62. The molecule has 2 aromatic heterocycles. The number of benzene rings is 1. The molecule has 0 saturated carbocycles. The molecule has 1 amide bonds. The Labute approximate surface area is 126 Å². The number of hydrazone groups is 1. The van der Waals surface area contributed by atoms with Gasteiger partial charge in [-0.05, 0) is 31.2 Å². The van der Waals surface area contributed by atoms with Crippen LogP contribution in [0, 0.1) is 6.92 Å². The van der Waals surface area contributed by atoms with Crippen LogP contribution in [-0.2, 0) is 0 Å². The van der Waals surface area contributed by atoms with E-state index in [0.29, 0.717) is 22.2 Å². The van der Waals surface area contributed by atoms with Gasteiger partial charge >= 0.3 is 5.91 Å². The van der Waals surface area contributed by atoms with E-state index in [2.05, 4.69) is 15.5 Å². The van der Waals surface area contributed by atoms with Crippen LogP contribution in [0.2, 0.25) is 0 Å². The molecular formula is C16H13N3O3. The summed E-state index contributed by atoms with van der Waals surface area (Å²) in [5, 5.41) is 14.2. The number of aromatic hydroxyl groups is 1. The molecule has 0 aliphatic rings. The molecule has 2 heterocycles. The number of phenols is 1. The molecule has 22 heavy (non-hydrogen) atoms. The van der Waals surface area contributed by atoms with Gasteiger partial charge in [0, 0.05) is 11.8 Å². The van der Waals surface area contributed by atoms with Crippen LogP contribution in [0.5, 0.6) is 5.75 Å². The summed E-state index contributed by atoms with van der Waals surface area (Å²) >= 11 is 0. The monoisotopic (exact) mass is 295 g/mol. The fraction of sp³-hybridized carbons (Fsp3) is 0.0625. The maximum absolute atomic E-state index is 12.1. The summed E-state index contributed by atoms with van der Waals surface area (Å²) in [7, 11) is 0. The Morgan fingerprint density at radius 3 is 2.91 bits per heavy atom. The number of aromatic nitrogens is 1. The van der Waals surface area contributed by atoms with Crippen LogP contribution < -0.4 is 5.43 Å². The van der Waals surface area contributed by atoms with Gasteiger partial charge in [-0.25, -0.2) is 5.43 Å². The van der Waals surface area contributed by atoms with Crippen LogP contribution in [0.4, 0.5) is 0 Å². The zero-order chi connectivity index (χ0) is 15.5. The lowest BCUT2D eigenvalue weighted by Crippen LogP contribution is -2.17. The molecule has 6 heteroatoms. The van der Waals surface area contributed by atoms with Gasteiger partial charge in [0.25, 0.3) is 0 Å². The molecule has 2 N–H and O–H groups in total. The Morgan fingerprint density at radius 1 is 1.32 bits per heavy atom. The number of fused-ring (bicyclic) bond motifs is 1. The van der Waals surface area contributed by atoms with Gasteiger partial charge in [0.15, 0.2) is 5.76 Å². The quantitative estimate of drug-likeness (QED) is 0.574. The van der Waals surface area contributed by atoms with Crippen molar-refractivity contribution in [2.75, 3.05) is 0 Å². The molecule has 1 aromatic carbocycles. The molecule has 0 spiro atoms. The molecule has 0 aliphatic carbocycles. The first kappa shape index (κ1) is 13.8. The second-order valence-electron chi connectivity index (χ2n) is 4.66. The van der Waals surface area contributed by atoms with E-state index >= 15 is 0 Å². The lowest BCUT2D eigenvalue weighted by Gasteiger charge is -1.97. The van der Waals surface area contributed by atoms with Gasteiger partial charge in [-0.1, -0.05) is 12.1 Å². The van der Waals surface area contributed by atoms with E-state index in [1.54, 1.807) is 43.5 Å². The topological polar surface area (TPSA) is 87.7 Å². The summed E-state index contributed by atoms with van der Waals surface area (Å²) in [6.07, 6.45) is 3.07. The van der Waals surface area contributed by atoms with Crippen molar-refractivity contribution in [1.29, 1.82) is 0 Å². The summed E-state index contributed by atoms with van der Waals surface area (Å²) in [6.45, 7) is 1.71. The summed E-state index contributed by atoms with van der Waals surface area (Å²) in [5.41, 5.74) is 4.03. The van der Waals surface area contributed by atoms with Gasteiger partial charge in [0.05, 0.1) is 17.3 Å². The minimum absolute atomic E-state index is 0.0785. The molecule has 0 fully saturated rings. The first-order valence-electron chi connectivity index (χ1n) is 6.62. The average molecular weight is 295 g/mol. The predicted octanol–water partition coefficient (Wildman–Crippen LogP) is 2.61. The number of hydrogen-bond donors (Lipinski definition) is 2. The Hall–Kier alpha value is -3.15. The predicted molar refractivity (Wildman–Crippen MR) is 81.9 cm³/mol. The Kier molecular flexibility index (Phi) is 3.57. The first-order chi connectivity index (χ1) is 10.7. The number of nitrogens with zero attached hydrogens (tertiary/aromatic N) is 2. The molecular weight excluding hydrogens is 282 g/mol. The molecule has 0 radical (unpaired) electrons. The Morgan fingerprint density at radius 2 is 2.18 bits per heavy atom. The highest BCUT2D eigenvalue weighted by Gasteiger charge is 2.19. The minimum Gasteiger partial charge on any atom is -0.507 e. The fourth-order valence-electron chi connectivity index (χ4n) is 2.16. The van der Waals surface area contributed by atoms with Gasteiger partial charge in [-0.2, -0.15) is 5.10 Å². The number of rotatable bonds is 3. The van der Waals surface area contributed by atoms with E-state index in [0.717, 1.165) is 0 Å². The van der Waals surface area contributed by atoms with Crippen molar-refractivity contribution < 1.29 is 14.3 Å². The molecule has 0 aliphatic heterocycles. The molecule has 3 aromatic rings. The standard InChI is InChI=1S/C16H13N3O3/c1-10-14-12(20)6-4-7-13(14)22-15(10)16(21)19-18-9-11-5-2-3-8-17-11/h2-9,20H,1H3,(H,19,21)/b18-9-. The van der Waals surface area contributed by atoms with Crippen LogP contribution in [-0.4, -0.2) is 22.2 Å². The Balaban J connectivity index is 1.82. The number of pyridine rings is 1. The number of phenolic OH excluding ortho intramolecular Hbond substituents is 1. The largest absolute Gasteiger partial charge is 0.507 e. The lowest BCUT2D eigenvalue weighted by atomic mass is 10.1. The molecule has 6 nitrogen and oxygen atoms in total. The normalized spacial score (nSPS) is 11.1. The highest BCUT2D eigenvalue weighted by molar-refractivity contribution is 6.00. The highest BCUT2D eigenvalue weighted by Crippen LogP contribution is 2.32. The van der Waals surface area contributed by atoms with Crippen molar-refractivity contribution in [3.63, 3.8) is 0 Å². The van der Waals surface area contributed by atoms with Crippen molar-refractivity contribution >= 4 is 23.1 Å². The van der Waals surface area contributed by atoms with E-state index in [-0.39, 0.29) is 11.5 Å². The maximum Gasteiger partial charge on any atom is 0.307 e. The van der Waals surface area contributed by atoms with Crippen LogP contribution >= 0.6 is 0 Å². The molecule has 110 valence electrons. The third kappa shape index (κ3) is 2.54. The number of hydrogen-bond acceptors (Lipinski definition) is 5. The van der Waals surface area contributed by atoms with Gasteiger partial charge in [-0.15, -0.1) is 0 Å². The van der Waals surface area contributed by atoms with E-state index in [9.17, 15) is 9.90 Å². The molecule has 3 rings (SSSR count). The number of aryl methyl sites for hydroxylation is 1. The van der Waals surface area contributed by atoms with Crippen molar-refractivity contribution in [3.8, 4) is 5.75 Å². The maximum atomic E-state index is 12.1. The number of amides is 1. The van der Waals surface area contributed by atoms with Crippen LogP contribution in [0.3, 0.4) is 0 Å². The summed E-state index contributed by atoms with van der Waals surface area (Å²) in [4.78, 5) is 16.2. The number of carbonyl (C=O) groups excluding carboxylic acids is 1. The molecule has 0 saturated heterocycles. The number of carbonyl (C=O) groups is 1. The SMILES string of the molecule is Cc1c(C(=O)N/N=C\c2ccccn2)oc2cccc(O)c12. The smallest absolute Gasteiger partial charge is 0.307 e. The van der Waals surface area contributed by atoms with E-state index < -0.39 is 5.91 Å². The fourth-order valence-corrected chi connectivity index (χ4v) is 2.16. The summed E-state index contributed by atoms with van der Waals surface area (Å²) in [5.74, 6) is -0.287. The van der Waals surface area contributed by atoms with Gasteiger partial charge in [0.1, 0.15) is 11.3 Å². The second kappa shape index (κ2) is 5.69. The second-order valence-corrected chi connectivity index (χ2v) is 4.66. The van der Waals surface area contributed by atoms with Crippen LogP contribution in [0.25, 0.3) is 11.0 Å². The zero-order valence-electron chi connectivity index (χ0n) is 11.8. The van der Waals surface area contributed by atoms with Crippen molar-refractivity contribution in [1.82, 2.24) is 10.4 Å². The van der Waals surface area contributed by atoms with E-state index in [1.807, 2.05) is 6.07 Å². The van der Waals surface area contributed by atoms with Crippen molar-refractivity contribution in [2.45, 2.75) is 6.92 Å². The van der Waals surface area contributed by atoms with Gasteiger partial charge in [0.2, 0.25) is 0 Å². The van der Waals surface area contributed by atoms with E-state index in [1.165, 1.54) is 6.21 Å². The highest BCUT2D eigenvalue weighted by atomic mass is 16.3. The molecule has 0 bridgehead atoms. The number of furan rings is 1.